The van der Waals surface area contributed by atoms with Gasteiger partial charge in [0.25, 0.3) is 0 Å². The Hall–Kier alpha value is -2.41. The first kappa shape index (κ1) is 9.68. The van der Waals surface area contributed by atoms with Gasteiger partial charge in [-0.1, -0.05) is 69.3 Å². The molecule has 3 aromatic rings. The maximum absolute atomic E-state index is 9.21. The summed E-state index contributed by atoms with van der Waals surface area (Å²) in [5, 5.41) is 0. The summed E-state index contributed by atoms with van der Waals surface area (Å²) in [6.45, 7) is 2.36. The van der Waals surface area contributed by atoms with Gasteiger partial charge in [0.05, 0.1) is 5.69 Å². The van der Waals surface area contributed by atoms with Crippen molar-refractivity contribution in [3.8, 4) is 11.3 Å². The first-order valence-corrected chi connectivity index (χ1v) is 9.00. The molecule has 1 nitrogen and oxygen atoms in total. The lowest BCUT2D eigenvalue weighted by Gasteiger charge is -2.20. The molecule has 0 radical (unpaired) electrons. The van der Waals surface area contributed by atoms with E-state index in [1.807, 2.05) is 0 Å². The average molecular weight is 366 g/mol. The Balaban J connectivity index is 2.03. The molecule has 0 fully saturated rings. The zero-order valence-electron chi connectivity index (χ0n) is 25.7. The molecule has 1 aromatic heterocycles. The molecule has 1 heteroatoms. The van der Waals surface area contributed by atoms with Crippen molar-refractivity contribution in [1.29, 1.82) is 0 Å². The highest BCUT2D eigenvalue weighted by Gasteiger charge is 2.26. The smallest absolute Gasteiger partial charge is 0.0707 e. The zero-order chi connectivity index (χ0) is 27.8. The number of hydrogen-bond donors (Lipinski definition) is 0. The molecule has 138 valence electrons. The van der Waals surface area contributed by atoms with Gasteiger partial charge in [-0.2, -0.15) is 0 Å². The van der Waals surface area contributed by atoms with E-state index in [0.29, 0.717) is 0 Å². The Labute approximate surface area is 177 Å². The quantitative estimate of drug-likeness (QED) is 0.514. The van der Waals surface area contributed by atoms with E-state index >= 15 is 0 Å². The number of rotatable bonds is 3. The molecular weight excluding hydrogens is 326 g/mol. The molecule has 2 aromatic carbocycles. The molecule has 0 N–H and O–H groups in total. The van der Waals surface area contributed by atoms with E-state index in [2.05, 4.69) is 4.98 Å². The maximum atomic E-state index is 9.21. The number of aryl methyl sites for hydroxylation is 1. The van der Waals surface area contributed by atoms with E-state index in [4.69, 9.17) is 12.3 Å². The van der Waals surface area contributed by atoms with Gasteiger partial charge in [0.15, 0.2) is 0 Å². The van der Waals surface area contributed by atoms with Crippen molar-refractivity contribution in [1.82, 2.24) is 4.98 Å². The number of hydrogen-bond acceptors (Lipinski definition) is 1. The van der Waals surface area contributed by atoms with Crippen molar-refractivity contribution in [2.75, 3.05) is 0 Å². The fourth-order valence-corrected chi connectivity index (χ4v) is 3.15. The lowest BCUT2D eigenvalue weighted by molar-refractivity contribution is 0.410. The summed E-state index contributed by atoms with van der Waals surface area (Å²) in [7, 11) is 0. The van der Waals surface area contributed by atoms with Gasteiger partial charge in [0.2, 0.25) is 0 Å². The molecule has 4 rings (SSSR count). The minimum atomic E-state index is -2.63. The molecular formula is C26H29N. The highest BCUT2D eigenvalue weighted by atomic mass is 14.7. The summed E-state index contributed by atoms with van der Waals surface area (Å²) in [6.07, 6.45) is -5.89. The molecule has 1 unspecified atom stereocenters. The van der Waals surface area contributed by atoms with Crippen LogP contribution in [0.5, 0.6) is 0 Å². The molecule has 27 heavy (non-hydrogen) atoms. The van der Waals surface area contributed by atoms with Crippen molar-refractivity contribution in [2.24, 2.45) is 5.41 Å². The van der Waals surface area contributed by atoms with Gasteiger partial charge >= 0.3 is 0 Å². The number of aromatic nitrogens is 1. The standard InChI is InChI=1S/C26H29N/c1-18-17-27-25(15-22(18)16-26(2,3)4)23-12-8-11-20-13-21(14-24(20)23)19-9-6-5-7-10-19/h5-12,15,17,21H,13-14,16H2,1-4H3/i1D3,13D2,14D2,16D2,21D. The van der Waals surface area contributed by atoms with E-state index in [-0.39, 0.29) is 39.1 Å². The predicted octanol–water partition coefficient (Wildman–Crippen LogP) is 6.53. The van der Waals surface area contributed by atoms with Crippen LogP contribution in [0.3, 0.4) is 0 Å². The average Bonchev–Trinajstić information content (AvgIpc) is 2.93. The van der Waals surface area contributed by atoms with E-state index in [1.165, 1.54) is 24.3 Å². The third kappa shape index (κ3) is 3.83. The van der Waals surface area contributed by atoms with Gasteiger partial charge in [-0.15, -0.1) is 0 Å². The molecule has 0 saturated heterocycles. The fourth-order valence-electron chi connectivity index (χ4n) is 3.15. The summed E-state index contributed by atoms with van der Waals surface area (Å²) >= 11 is 0. The molecule has 0 saturated carbocycles. The summed E-state index contributed by atoms with van der Waals surface area (Å²) in [5.41, 5.74) is -0.830. The third-order valence-electron chi connectivity index (χ3n) is 4.33. The molecule has 0 amide bonds. The van der Waals surface area contributed by atoms with Gasteiger partial charge < -0.3 is 0 Å². The Bertz CT molecular complexity index is 1340. The fraction of sp³-hybridized carbons (Fsp3) is 0.346. The second-order valence-electron chi connectivity index (χ2n) is 7.71. The van der Waals surface area contributed by atoms with Crippen LogP contribution in [0.15, 0.2) is 60.8 Å². The molecule has 1 aliphatic carbocycles. The van der Waals surface area contributed by atoms with Gasteiger partial charge in [-0.3, -0.25) is 4.98 Å². The van der Waals surface area contributed by atoms with Crippen LogP contribution in [0.1, 0.15) is 68.2 Å². The number of fused-ring (bicyclic) bond motifs is 1. The monoisotopic (exact) mass is 365 g/mol. The number of nitrogens with zero attached hydrogens (tertiary/aromatic N) is 1. The number of benzene rings is 2. The number of pyridine rings is 1. The second-order valence-corrected chi connectivity index (χ2v) is 7.71. The SMILES string of the molecule is [2H]C([2H])([2H])c1cnc(-c2cccc3c2C([2H])([2H])C([2H])(c2ccccc2)C3([2H])[2H])cc1C([2H])([2H])C(C)(C)C. The minimum absolute atomic E-state index is 0.0101. The van der Waals surface area contributed by atoms with Crippen molar-refractivity contribution in [3.05, 3.63) is 88.6 Å². The molecule has 0 bridgehead atoms. The summed E-state index contributed by atoms with van der Waals surface area (Å²) in [5.74, 6) is -2.32. The van der Waals surface area contributed by atoms with E-state index in [0.717, 1.165) is 6.20 Å². The van der Waals surface area contributed by atoms with Crippen LogP contribution in [0.4, 0.5) is 0 Å². The van der Waals surface area contributed by atoms with Gasteiger partial charge in [0.1, 0.15) is 0 Å². The van der Waals surface area contributed by atoms with Crippen LogP contribution >= 0.6 is 0 Å². The normalized spacial score (nSPS) is 29.3. The first-order valence-electron chi connectivity index (χ1n) is 14.0. The molecule has 0 aliphatic heterocycles. The predicted molar refractivity (Wildman–Crippen MR) is 114 cm³/mol. The zero-order valence-corrected chi connectivity index (χ0v) is 15.7. The Morgan fingerprint density at radius 1 is 1.15 bits per heavy atom. The third-order valence-corrected chi connectivity index (χ3v) is 4.33. The Kier molecular flexibility index (Phi) is 2.50. The summed E-state index contributed by atoms with van der Waals surface area (Å²) in [6, 6.07) is 14.0. The van der Waals surface area contributed by atoms with Crippen LogP contribution in [0.2, 0.25) is 0 Å². The van der Waals surface area contributed by atoms with Crippen LogP contribution < -0.4 is 0 Å². The van der Waals surface area contributed by atoms with Crippen LogP contribution in [0.25, 0.3) is 11.3 Å². The minimum Gasteiger partial charge on any atom is -0.256 e. The van der Waals surface area contributed by atoms with Crippen molar-refractivity contribution in [2.45, 2.75) is 52.6 Å². The molecule has 1 heterocycles. The highest BCUT2D eigenvalue weighted by Crippen LogP contribution is 2.39. The topological polar surface area (TPSA) is 12.9 Å². The van der Waals surface area contributed by atoms with Crippen molar-refractivity contribution >= 4 is 0 Å². The molecule has 1 aliphatic rings. The van der Waals surface area contributed by atoms with Gasteiger partial charge in [-0.05, 0) is 71.2 Å². The largest absolute Gasteiger partial charge is 0.256 e. The lowest BCUT2D eigenvalue weighted by Crippen LogP contribution is -2.10. The maximum Gasteiger partial charge on any atom is 0.0707 e. The van der Waals surface area contributed by atoms with Crippen molar-refractivity contribution < 1.29 is 13.7 Å². The summed E-state index contributed by atoms with van der Waals surface area (Å²) < 4.78 is 86.6. The molecule has 1 atom stereocenters. The molecule has 0 spiro atoms. The van der Waals surface area contributed by atoms with Crippen molar-refractivity contribution in [3.63, 3.8) is 0 Å². The Morgan fingerprint density at radius 3 is 2.70 bits per heavy atom. The van der Waals surface area contributed by atoms with Gasteiger partial charge in [0, 0.05) is 25.5 Å². The van der Waals surface area contributed by atoms with E-state index in [1.54, 1.807) is 51.1 Å². The van der Waals surface area contributed by atoms with Gasteiger partial charge in [-0.25, -0.2) is 0 Å². The highest BCUT2D eigenvalue weighted by molar-refractivity contribution is 5.68. The Morgan fingerprint density at radius 2 is 1.96 bits per heavy atom. The lowest BCUT2D eigenvalue weighted by atomic mass is 9.86. The van der Waals surface area contributed by atoms with Crippen LogP contribution in [0, 0.1) is 12.3 Å². The summed E-state index contributed by atoms with van der Waals surface area (Å²) in [4.78, 5) is 4.31. The van der Waals surface area contributed by atoms with Crippen LogP contribution in [-0.4, -0.2) is 4.98 Å². The van der Waals surface area contributed by atoms with E-state index < -0.39 is 37.3 Å². The second kappa shape index (κ2) is 6.96. The first-order chi connectivity index (χ1) is 16.8. The van der Waals surface area contributed by atoms with Crippen LogP contribution in [-0.2, 0) is 19.1 Å². The van der Waals surface area contributed by atoms with E-state index in [9.17, 15) is 1.37 Å².